The summed E-state index contributed by atoms with van der Waals surface area (Å²) in [7, 11) is 0. The van der Waals surface area contributed by atoms with Crippen LogP contribution >= 0.6 is 0 Å². The lowest BCUT2D eigenvalue weighted by Gasteiger charge is -2.25. The first kappa shape index (κ1) is 17.9. The van der Waals surface area contributed by atoms with Crippen LogP contribution in [0.3, 0.4) is 0 Å². The fourth-order valence-corrected chi connectivity index (χ4v) is 5.16. The van der Waals surface area contributed by atoms with Gasteiger partial charge in [0.2, 0.25) is 0 Å². The predicted molar refractivity (Wildman–Crippen MR) is 115 cm³/mol. The molecule has 7 heteroatoms. The fourth-order valence-electron chi connectivity index (χ4n) is 5.16. The van der Waals surface area contributed by atoms with E-state index in [1.165, 1.54) is 0 Å². The lowest BCUT2D eigenvalue weighted by atomic mass is 9.82. The summed E-state index contributed by atoms with van der Waals surface area (Å²) in [6, 6.07) is 16.6. The summed E-state index contributed by atoms with van der Waals surface area (Å²) in [5.41, 5.74) is 1.55. The van der Waals surface area contributed by atoms with Gasteiger partial charge in [0.05, 0.1) is 11.4 Å². The van der Waals surface area contributed by atoms with Crippen LogP contribution in [0.1, 0.15) is 18.2 Å². The van der Waals surface area contributed by atoms with Crippen molar-refractivity contribution in [2.24, 2.45) is 17.8 Å². The SMILES string of the molecule is O=C(O)[C@H]1[C@H](c2nc3ccccc3c3nc(=O)c(-c4ccccc4)nn23)[C@H]2C=C[C@H]1C2. The van der Waals surface area contributed by atoms with Gasteiger partial charge in [-0.05, 0) is 30.4 Å². The predicted octanol–water partition coefficient (Wildman–Crippen LogP) is 3.30. The highest BCUT2D eigenvalue weighted by Gasteiger charge is 2.50. The fraction of sp³-hybridized carbons (Fsp3) is 0.208. The maximum absolute atomic E-state index is 12.9. The minimum atomic E-state index is -0.831. The van der Waals surface area contributed by atoms with Crippen LogP contribution in [0.4, 0.5) is 0 Å². The van der Waals surface area contributed by atoms with E-state index in [9.17, 15) is 14.7 Å². The Bertz CT molecular complexity index is 1440. The average molecular weight is 410 g/mol. The van der Waals surface area contributed by atoms with E-state index in [0.717, 1.165) is 6.42 Å². The largest absolute Gasteiger partial charge is 0.481 e. The highest BCUT2D eigenvalue weighted by atomic mass is 16.4. The maximum atomic E-state index is 12.9. The number of fused-ring (bicyclic) bond motifs is 5. The lowest BCUT2D eigenvalue weighted by molar-refractivity contribution is -0.143. The summed E-state index contributed by atoms with van der Waals surface area (Å²) in [5.74, 6) is -1.14. The summed E-state index contributed by atoms with van der Waals surface area (Å²) >= 11 is 0. The van der Waals surface area contributed by atoms with Crippen LogP contribution in [0.5, 0.6) is 0 Å². The highest BCUT2D eigenvalue weighted by molar-refractivity contribution is 5.91. The third-order valence-corrected chi connectivity index (χ3v) is 6.50. The van der Waals surface area contributed by atoms with Gasteiger partial charge in [-0.2, -0.15) is 14.6 Å². The number of allylic oxidation sites excluding steroid dienone is 2. The second kappa shape index (κ2) is 6.57. The molecule has 31 heavy (non-hydrogen) atoms. The standard InChI is InChI=1S/C24H18N4O3/c29-23-20(13-6-2-1-3-7-13)27-28-21(26-23)16-8-4-5-9-17(16)25-22(28)18-14-10-11-15(12-14)19(18)24(30)31/h1-11,14-15,18-19H,12H2,(H,30,31)/t14-,15-,18+,19+/m0/s1. The topological polar surface area (TPSA) is 97.5 Å². The molecule has 2 aromatic carbocycles. The van der Waals surface area contributed by atoms with Crippen molar-refractivity contribution in [1.82, 2.24) is 19.6 Å². The van der Waals surface area contributed by atoms with Crippen LogP contribution in [-0.2, 0) is 4.79 Å². The lowest BCUT2D eigenvalue weighted by Crippen LogP contribution is -2.29. The van der Waals surface area contributed by atoms with E-state index in [2.05, 4.69) is 16.2 Å². The third kappa shape index (κ3) is 2.63. The second-order valence-electron chi connectivity index (χ2n) is 8.19. The van der Waals surface area contributed by atoms with Crippen molar-refractivity contribution in [3.63, 3.8) is 0 Å². The van der Waals surface area contributed by atoms with Gasteiger partial charge < -0.3 is 5.11 Å². The van der Waals surface area contributed by atoms with Crippen molar-refractivity contribution in [2.45, 2.75) is 12.3 Å². The van der Waals surface area contributed by atoms with Gasteiger partial charge in [0.1, 0.15) is 5.82 Å². The molecule has 0 amide bonds. The Kier molecular flexibility index (Phi) is 3.80. The zero-order valence-corrected chi connectivity index (χ0v) is 16.4. The molecule has 6 rings (SSSR count). The molecular formula is C24H18N4O3. The molecule has 2 aliphatic rings. The van der Waals surface area contributed by atoms with E-state index in [-0.39, 0.29) is 23.4 Å². The van der Waals surface area contributed by atoms with Gasteiger partial charge in [0.15, 0.2) is 11.3 Å². The molecule has 2 aliphatic carbocycles. The monoisotopic (exact) mass is 410 g/mol. The quantitative estimate of drug-likeness (QED) is 0.411. The van der Waals surface area contributed by atoms with E-state index in [0.29, 0.717) is 27.9 Å². The Balaban J connectivity index is 1.69. The molecule has 1 fully saturated rings. The Morgan fingerprint density at radius 1 is 0.968 bits per heavy atom. The molecule has 1 saturated carbocycles. The first-order valence-corrected chi connectivity index (χ1v) is 10.3. The first-order chi connectivity index (χ1) is 15.1. The minimum Gasteiger partial charge on any atom is -0.481 e. The summed E-state index contributed by atoms with van der Waals surface area (Å²) in [6.45, 7) is 0. The van der Waals surface area contributed by atoms with Crippen molar-refractivity contribution < 1.29 is 9.90 Å². The van der Waals surface area contributed by atoms with E-state index >= 15 is 0 Å². The molecule has 0 radical (unpaired) electrons. The van der Waals surface area contributed by atoms with E-state index < -0.39 is 17.4 Å². The third-order valence-electron chi connectivity index (χ3n) is 6.50. The zero-order chi connectivity index (χ0) is 21.1. The van der Waals surface area contributed by atoms with Gasteiger partial charge in [0, 0.05) is 16.9 Å². The Hall–Kier alpha value is -3.87. The van der Waals surface area contributed by atoms with Gasteiger partial charge in [-0.25, -0.2) is 4.98 Å². The first-order valence-electron chi connectivity index (χ1n) is 10.3. The van der Waals surface area contributed by atoms with Gasteiger partial charge >= 0.3 is 5.97 Å². The molecule has 4 atom stereocenters. The number of carbonyl (C=O) groups is 1. The van der Waals surface area contributed by atoms with Crippen LogP contribution in [0.25, 0.3) is 27.8 Å². The summed E-state index contributed by atoms with van der Waals surface area (Å²) < 4.78 is 1.60. The summed E-state index contributed by atoms with van der Waals surface area (Å²) in [4.78, 5) is 34.3. The van der Waals surface area contributed by atoms with Crippen molar-refractivity contribution in [3.05, 3.63) is 82.9 Å². The normalized spacial score (nSPS) is 24.3. The minimum absolute atomic E-state index is 0.0169. The smallest absolute Gasteiger partial charge is 0.307 e. The summed E-state index contributed by atoms with van der Waals surface area (Å²) in [5, 5.41) is 15.4. The number of aromatic nitrogens is 4. The second-order valence-corrected chi connectivity index (χ2v) is 8.19. The molecule has 2 bridgehead atoms. The number of hydrogen-bond acceptors (Lipinski definition) is 5. The van der Waals surface area contributed by atoms with E-state index in [4.69, 9.17) is 4.98 Å². The Labute approximate surface area is 176 Å². The molecule has 7 nitrogen and oxygen atoms in total. The van der Waals surface area contributed by atoms with E-state index in [1.807, 2.05) is 60.7 Å². The van der Waals surface area contributed by atoms with Crippen molar-refractivity contribution in [3.8, 4) is 11.3 Å². The number of carboxylic acid groups (broad SMARTS) is 1. The number of carboxylic acids is 1. The molecule has 2 aromatic heterocycles. The molecule has 4 aromatic rings. The molecule has 0 unspecified atom stereocenters. The van der Waals surface area contributed by atoms with Crippen LogP contribution in [0.15, 0.2) is 71.5 Å². The number of rotatable bonds is 3. The Morgan fingerprint density at radius 2 is 1.71 bits per heavy atom. The molecule has 0 saturated heterocycles. The molecule has 0 spiro atoms. The van der Waals surface area contributed by atoms with Crippen LogP contribution in [0.2, 0.25) is 0 Å². The van der Waals surface area contributed by atoms with Gasteiger partial charge in [-0.15, -0.1) is 0 Å². The number of nitrogens with zero attached hydrogens (tertiary/aromatic N) is 4. The number of benzene rings is 2. The maximum Gasteiger partial charge on any atom is 0.307 e. The van der Waals surface area contributed by atoms with Gasteiger partial charge in [-0.3, -0.25) is 9.59 Å². The number of para-hydroxylation sites is 1. The van der Waals surface area contributed by atoms with Crippen molar-refractivity contribution >= 4 is 22.5 Å². The van der Waals surface area contributed by atoms with Gasteiger partial charge in [0.25, 0.3) is 5.56 Å². The molecule has 0 aliphatic heterocycles. The van der Waals surface area contributed by atoms with Gasteiger partial charge in [-0.1, -0.05) is 54.6 Å². The van der Waals surface area contributed by atoms with Crippen LogP contribution in [-0.4, -0.2) is 30.7 Å². The number of aliphatic carboxylic acids is 1. The van der Waals surface area contributed by atoms with Crippen LogP contribution < -0.4 is 5.56 Å². The molecular weight excluding hydrogens is 392 g/mol. The van der Waals surface area contributed by atoms with Crippen molar-refractivity contribution in [2.75, 3.05) is 0 Å². The zero-order valence-electron chi connectivity index (χ0n) is 16.4. The molecule has 152 valence electrons. The number of hydrogen-bond donors (Lipinski definition) is 1. The Morgan fingerprint density at radius 3 is 2.52 bits per heavy atom. The van der Waals surface area contributed by atoms with E-state index in [1.54, 1.807) is 4.52 Å². The highest BCUT2D eigenvalue weighted by Crippen LogP contribution is 2.52. The average Bonchev–Trinajstić information content (AvgIpc) is 3.40. The molecule has 2 heterocycles. The molecule has 1 N–H and O–H groups in total. The van der Waals surface area contributed by atoms with Crippen molar-refractivity contribution in [1.29, 1.82) is 0 Å². The van der Waals surface area contributed by atoms with Crippen LogP contribution in [0, 0.1) is 17.8 Å². The summed E-state index contributed by atoms with van der Waals surface area (Å²) in [6.07, 6.45) is 4.88.